The van der Waals surface area contributed by atoms with Crippen molar-refractivity contribution in [2.45, 2.75) is 27.7 Å². The molecular weight excluding hydrogens is 316 g/mol. The summed E-state index contributed by atoms with van der Waals surface area (Å²) >= 11 is 0. The minimum absolute atomic E-state index is 0.125. The van der Waals surface area contributed by atoms with E-state index in [1.807, 2.05) is 24.3 Å². The summed E-state index contributed by atoms with van der Waals surface area (Å²) in [6.07, 6.45) is 0. The van der Waals surface area contributed by atoms with Crippen LogP contribution in [0.3, 0.4) is 0 Å². The minimum Gasteiger partial charge on any atom is -0.289 e. The molecule has 0 amide bonds. The van der Waals surface area contributed by atoms with Gasteiger partial charge in [-0.2, -0.15) is 0 Å². The van der Waals surface area contributed by atoms with E-state index in [-0.39, 0.29) is 5.78 Å². The number of benzene rings is 4. The fourth-order valence-electron chi connectivity index (χ4n) is 3.89. The van der Waals surface area contributed by atoms with Crippen molar-refractivity contribution in [3.05, 3.63) is 94.0 Å². The highest BCUT2D eigenvalue weighted by molar-refractivity contribution is 6.23. The van der Waals surface area contributed by atoms with E-state index in [0.717, 1.165) is 54.9 Å². The summed E-state index contributed by atoms with van der Waals surface area (Å²) in [6, 6.07) is 20.7. The lowest BCUT2D eigenvalue weighted by molar-refractivity contribution is 0.104. The van der Waals surface area contributed by atoms with Crippen LogP contribution in [0.1, 0.15) is 38.2 Å². The van der Waals surface area contributed by atoms with Crippen LogP contribution < -0.4 is 0 Å². The topological polar surface area (TPSA) is 17.1 Å². The lowest BCUT2D eigenvalue weighted by Gasteiger charge is -2.17. The first-order valence-electron chi connectivity index (χ1n) is 9.01. The molecule has 4 aromatic rings. The molecule has 0 saturated carbocycles. The average Bonchev–Trinajstić information content (AvgIpc) is 2.63. The van der Waals surface area contributed by atoms with Crippen LogP contribution in [0.5, 0.6) is 0 Å². The number of hydrogen-bond donors (Lipinski definition) is 0. The molecule has 0 aromatic heterocycles. The van der Waals surface area contributed by atoms with E-state index in [4.69, 9.17) is 0 Å². The van der Waals surface area contributed by atoms with Crippen LogP contribution in [0.25, 0.3) is 21.5 Å². The molecule has 1 heteroatoms. The Kier molecular flexibility index (Phi) is 3.88. The van der Waals surface area contributed by atoms with Gasteiger partial charge in [0.05, 0.1) is 0 Å². The predicted octanol–water partition coefficient (Wildman–Crippen LogP) is 6.46. The maximum Gasteiger partial charge on any atom is 0.194 e. The van der Waals surface area contributed by atoms with Gasteiger partial charge in [0.15, 0.2) is 5.78 Å². The van der Waals surface area contributed by atoms with E-state index < -0.39 is 0 Å². The van der Waals surface area contributed by atoms with E-state index in [9.17, 15) is 4.79 Å². The van der Waals surface area contributed by atoms with Crippen molar-refractivity contribution in [1.29, 1.82) is 0 Å². The molecule has 4 aromatic carbocycles. The molecule has 0 heterocycles. The predicted molar refractivity (Wildman–Crippen MR) is 110 cm³/mol. The summed E-state index contributed by atoms with van der Waals surface area (Å²) in [4.78, 5) is 13.8. The first-order chi connectivity index (χ1) is 12.5. The van der Waals surface area contributed by atoms with Crippen molar-refractivity contribution in [3.63, 3.8) is 0 Å². The monoisotopic (exact) mass is 338 g/mol. The first kappa shape index (κ1) is 16.5. The van der Waals surface area contributed by atoms with Crippen molar-refractivity contribution < 1.29 is 4.79 Å². The number of ketones is 1. The second-order valence-corrected chi connectivity index (χ2v) is 7.16. The molecule has 0 unspecified atom stereocenters. The number of hydrogen-bond acceptors (Lipinski definition) is 1. The molecule has 0 bridgehead atoms. The zero-order chi connectivity index (χ0) is 18.4. The SMILES string of the molecule is Cc1cc2ccccc2c(C(=O)c2c(C)c(C)cc3ccccc23)c1C. The third kappa shape index (κ3) is 2.43. The van der Waals surface area contributed by atoms with E-state index >= 15 is 0 Å². The third-order valence-electron chi connectivity index (χ3n) is 5.59. The highest BCUT2D eigenvalue weighted by Gasteiger charge is 2.21. The fraction of sp³-hybridized carbons (Fsp3) is 0.160. The number of aryl methyl sites for hydroxylation is 2. The van der Waals surface area contributed by atoms with Gasteiger partial charge < -0.3 is 0 Å². The Bertz CT molecular complexity index is 1090. The molecule has 26 heavy (non-hydrogen) atoms. The number of carbonyl (C=O) groups excluding carboxylic acids is 1. The van der Waals surface area contributed by atoms with Gasteiger partial charge in [0.1, 0.15) is 0 Å². The summed E-state index contributed by atoms with van der Waals surface area (Å²) < 4.78 is 0. The van der Waals surface area contributed by atoms with Crippen LogP contribution in [0, 0.1) is 27.7 Å². The summed E-state index contributed by atoms with van der Waals surface area (Å²) in [7, 11) is 0. The van der Waals surface area contributed by atoms with Gasteiger partial charge in [0.2, 0.25) is 0 Å². The molecule has 0 saturated heterocycles. The van der Waals surface area contributed by atoms with E-state index in [0.29, 0.717) is 0 Å². The Balaban J connectivity index is 2.10. The normalized spacial score (nSPS) is 11.2. The standard InChI is InChI=1S/C25H22O/c1-15-13-19-9-5-7-11-21(19)23(17(15)3)25(26)24-18(4)16(2)14-20-10-6-8-12-22(20)24/h5-14H,1-4H3. The van der Waals surface area contributed by atoms with Gasteiger partial charge in [-0.05, 0) is 71.5 Å². The van der Waals surface area contributed by atoms with Crippen molar-refractivity contribution >= 4 is 27.3 Å². The van der Waals surface area contributed by atoms with Crippen molar-refractivity contribution in [2.24, 2.45) is 0 Å². The number of rotatable bonds is 2. The number of carbonyl (C=O) groups is 1. The van der Waals surface area contributed by atoms with Crippen LogP contribution in [-0.4, -0.2) is 5.78 Å². The molecule has 4 rings (SSSR count). The molecule has 0 N–H and O–H groups in total. The molecule has 0 atom stereocenters. The molecule has 0 radical (unpaired) electrons. The molecule has 128 valence electrons. The molecule has 0 spiro atoms. The first-order valence-corrected chi connectivity index (χ1v) is 9.01. The summed E-state index contributed by atoms with van der Waals surface area (Å²) in [5, 5.41) is 4.30. The van der Waals surface area contributed by atoms with Gasteiger partial charge in [-0.3, -0.25) is 4.79 Å². The largest absolute Gasteiger partial charge is 0.289 e. The van der Waals surface area contributed by atoms with Crippen molar-refractivity contribution in [2.75, 3.05) is 0 Å². The van der Waals surface area contributed by atoms with Gasteiger partial charge in [-0.15, -0.1) is 0 Å². The van der Waals surface area contributed by atoms with Crippen LogP contribution in [-0.2, 0) is 0 Å². The zero-order valence-electron chi connectivity index (χ0n) is 15.7. The molecule has 0 aliphatic rings. The van der Waals surface area contributed by atoms with E-state index in [2.05, 4.69) is 64.1 Å². The Morgan fingerprint density at radius 1 is 0.615 bits per heavy atom. The maximum atomic E-state index is 13.8. The summed E-state index contributed by atoms with van der Waals surface area (Å²) in [5.41, 5.74) is 6.11. The van der Waals surface area contributed by atoms with Crippen molar-refractivity contribution in [3.8, 4) is 0 Å². The zero-order valence-corrected chi connectivity index (χ0v) is 15.7. The van der Waals surface area contributed by atoms with Gasteiger partial charge in [-0.25, -0.2) is 0 Å². The van der Waals surface area contributed by atoms with Crippen LogP contribution in [0.15, 0.2) is 60.7 Å². The van der Waals surface area contributed by atoms with Crippen LogP contribution >= 0.6 is 0 Å². The highest BCUT2D eigenvalue weighted by atomic mass is 16.1. The smallest absolute Gasteiger partial charge is 0.194 e. The Morgan fingerprint density at radius 2 is 1.00 bits per heavy atom. The van der Waals surface area contributed by atoms with E-state index in [1.165, 1.54) is 0 Å². The Morgan fingerprint density at radius 3 is 1.42 bits per heavy atom. The van der Waals surface area contributed by atoms with Crippen LogP contribution in [0.2, 0.25) is 0 Å². The lowest BCUT2D eigenvalue weighted by Crippen LogP contribution is -2.09. The van der Waals surface area contributed by atoms with Gasteiger partial charge >= 0.3 is 0 Å². The Hall–Kier alpha value is -2.93. The minimum atomic E-state index is 0.125. The molecule has 0 aliphatic carbocycles. The highest BCUT2D eigenvalue weighted by Crippen LogP contribution is 2.32. The van der Waals surface area contributed by atoms with Crippen LogP contribution in [0.4, 0.5) is 0 Å². The Labute approximate surface area is 154 Å². The second kappa shape index (κ2) is 6.10. The van der Waals surface area contributed by atoms with Crippen molar-refractivity contribution in [1.82, 2.24) is 0 Å². The molecule has 0 aliphatic heterocycles. The average molecular weight is 338 g/mol. The molecule has 1 nitrogen and oxygen atoms in total. The quantitative estimate of drug-likeness (QED) is 0.383. The van der Waals surface area contributed by atoms with E-state index in [1.54, 1.807) is 0 Å². The summed E-state index contributed by atoms with van der Waals surface area (Å²) in [5.74, 6) is 0.125. The molecule has 0 fully saturated rings. The van der Waals surface area contributed by atoms with Gasteiger partial charge in [0, 0.05) is 11.1 Å². The van der Waals surface area contributed by atoms with Gasteiger partial charge in [0.25, 0.3) is 0 Å². The maximum absolute atomic E-state index is 13.8. The molecular formula is C25H22O. The lowest BCUT2D eigenvalue weighted by atomic mass is 9.86. The number of fused-ring (bicyclic) bond motifs is 2. The second-order valence-electron chi connectivity index (χ2n) is 7.16. The fourth-order valence-corrected chi connectivity index (χ4v) is 3.89. The third-order valence-corrected chi connectivity index (χ3v) is 5.59. The van der Waals surface area contributed by atoms with Gasteiger partial charge in [-0.1, -0.05) is 60.7 Å². The summed E-state index contributed by atoms with van der Waals surface area (Å²) in [6.45, 7) is 8.28.